The predicted molar refractivity (Wildman–Crippen MR) is 83.1 cm³/mol. The number of amides is 1. The molecule has 0 saturated carbocycles. The van der Waals surface area contributed by atoms with Crippen LogP contribution >= 0.6 is 0 Å². The van der Waals surface area contributed by atoms with Crippen LogP contribution in [0.4, 0.5) is 0 Å². The van der Waals surface area contributed by atoms with E-state index in [2.05, 4.69) is 10.1 Å². The van der Waals surface area contributed by atoms with Gasteiger partial charge in [0.05, 0.1) is 17.1 Å². The Morgan fingerprint density at radius 1 is 1.14 bits per heavy atom. The molecule has 0 radical (unpaired) electrons. The summed E-state index contributed by atoms with van der Waals surface area (Å²) in [5, 5.41) is 4.87. The van der Waals surface area contributed by atoms with E-state index in [4.69, 9.17) is 0 Å². The van der Waals surface area contributed by atoms with E-state index in [9.17, 15) is 9.59 Å². The molecule has 1 aromatic carbocycles. The Kier molecular flexibility index (Phi) is 2.96. The first-order valence-electron chi connectivity index (χ1n) is 7.54. The van der Waals surface area contributed by atoms with Crippen LogP contribution in [0.3, 0.4) is 0 Å². The van der Waals surface area contributed by atoms with Gasteiger partial charge < -0.3 is 9.88 Å². The Hall–Kier alpha value is -2.63. The number of benzene rings is 1. The number of hydrogen-bond donors (Lipinski definition) is 1. The summed E-state index contributed by atoms with van der Waals surface area (Å²) in [4.78, 5) is 29.5. The Bertz CT molecular complexity index is 919. The summed E-state index contributed by atoms with van der Waals surface area (Å²) in [7, 11) is 0. The fourth-order valence-corrected chi connectivity index (χ4v) is 3.10. The highest BCUT2D eigenvalue weighted by molar-refractivity contribution is 6.00. The minimum Gasteiger partial charge on any atom is -0.338 e. The lowest BCUT2D eigenvalue weighted by Crippen LogP contribution is -2.35. The van der Waals surface area contributed by atoms with Crippen molar-refractivity contribution in [1.29, 1.82) is 0 Å². The highest BCUT2D eigenvalue weighted by atomic mass is 16.2. The van der Waals surface area contributed by atoms with Gasteiger partial charge in [-0.2, -0.15) is 5.10 Å². The lowest BCUT2D eigenvalue weighted by molar-refractivity contribution is 0.0726. The van der Waals surface area contributed by atoms with Gasteiger partial charge in [-0.25, -0.2) is 4.52 Å². The van der Waals surface area contributed by atoms with Crippen LogP contribution in [0.1, 0.15) is 29.6 Å². The quantitative estimate of drug-likeness (QED) is 0.744. The van der Waals surface area contributed by atoms with Crippen LogP contribution in [0, 0.1) is 0 Å². The van der Waals surface area contributed by atoms with Crippen LogP contribution in [0.5, 0.6) is 0 Å². The van der Waals surface area contributed by atoms with Crippen molar-refractivity contribution in [3.8, 4) is 0 Å². The Balaban J connectivity index is 1.89. The summed E-state index contributed by atoms with van der Waals surface area (Å²) >= 11 is 0. The minimum atomic E-state index is -0.198. The fraction of sp³-hybridized carbons (Fsp3) is 0.312. The van der Waals surface area contributed by atoms with Crippen LogP contribution < -0.4 is 5.56 Å². The van der Waals surface area contributed by atoms with Gasteiger partial charge in [0.1, 0.15) is 11.2 Å². The lowest BCUT2D eigenvalue weighted by atomic mass is 10.1. The molecule has 1 saturated heterocycles. The highest BCUT2D eigenvalue weighted by Gasteiger charge is 2.22. The number of carbonyl (C=O) groups is 1. The van der Waals surface area contributed by atoms with Crippen molar-refractivity contribution in [3.05, 3.63) is 46.4 Å². The van der Waals surface area contributed by atoms with E-state index < -0.39 is 0 Å². The molecule has 1 N–H and O–H groups in total. The molecule has 0 unspecified atom stereocenters. The summed E-state index contributed by atoms with van der Waals surface area (Å²) in [6.45, 7) is 1.54. The second-order valence-electron chi connectivity index (χ2n) is 5.64. The smallest absolute Gasteiger partial charge is 0.259 e. The normalized spacial score (nSPS) is 15.5. The number of H-pyrrole nitrogens is 1. The molecule has 22 heavy (non-hydrogen) atoms. The van der Waals surface area contributed by atoms with Crippen molar-refractivity contribution < 1.29 is 4.79 Å². The maximum atomic E-state index is 12.7. The summed E-state index contributed by atoms with van der Waals surface area (Å²) < 4.78 is 1.63. The van der Waals surface area contributed by atoms with Gasteiger partial charge >= 0.3 is 0 Å². The molecule has 0 spiro atoms. The molecule has 4 rings (SSSR count). The van der Waals surface area contributed by atoms with Crippen molar-refractivity contribution in [1.82, 2.24) is 19.5 Å². The van der Waals surface area contributed by atoms with Gasteiger partial charge in [-0.15, -0.1) is 0 Å². The van der Waals surface area contributed by atoms with Crippen LogP contribution in [-0.4, -0.2) is 38.5 Å². The van der Waals surface area contributed by atoms with E-state index in [0.717, 1.165) is 25.9 Å². The Labute approximate surface area is 126 Å². The number of nitrogens with zero attached hydrogens (tertiary/aromatic N) is 3. The largest absolute Gasteiger partial charge is 0.338 e. The molecular weight excluding hydrogens is 280 g/mol. The number of aromatic amines is 1. The zero-order valence-corrected chi connectivity index (χ0v) is 12.1. The van der Waals surface area contributed by atoms with Gasteiger partial charge in [0.2, 0.25) is 0 Å². The number of likely N-dealkylation sites (tertiary alicyclic amines) is 1. The molecule has 0 aliphatic carbocycles. The van der Waals surface area contributed by atoms with Crippen molar-refractivity contribution in [2.45, 2.75) is 19.3 Å². The molecule has 3 aromatic rings. The summed E-state index contributed by atoms with van der Waals surface area (Å²) in [6.07, 6.45) is 4.78. The number of fused-ring (bicyclic) bond motifs is 3. The van der Waals surface area contributed by atoms with E-state index in [1.807, 2.05) is 23.1 Å². The topological polar surface area (TPSA) is 70.5 Å². The molecule has 0 bridgehead atoms. The zero-order chi connectivity index (χ0) is 15.1. The number of aromatic nitrogens is 3. The predicted octanol–water partition coefficient (Wildman–Crippen LogP) is 1.80. The third kappa shape index (κ3) is 1.91. The van der Waals surface area contributed by atoms with Crippen LogP contribution in [0.15, 0.2) is 35.3 Å². The Morgan fingerprint density at radius 3 is 2.73 bits per heavy atom. The minimum absolute atomic E-state index is 0.0550. The van der Waals surface area contributed by atoms with Gasteiger partial charge in [-0.1, -0.05) is 12.1 Å². The SMILES string of the molecule is O=C(c1cnn2c1[nH]c(=O)c1ccccc12)N1CCCCC1. The third-order valence-electron chi connectivity index (χ3n) is 4.25. The van der Waals surface area contributed by atoms with E-state index in [1.54, 1.807) is 16.8 Å². The van der Waals surface area contributed by atoms with Gasteiger partial charge in [0.25, 0.3) is 11.5 Å². The zero-order valence-electron chi connectivity index (χ0n) is 12.1. The van der Waals surface area contributed by atoms with Crippen molar-refractivity contribution in [3.63, 3.8) is 0 Å². The number of piperidine rings is 1. The first-order valence-corrected chi connectivity index (χ1v) is 7.54. The third-order valence-corrected chi connectivity index (χ3v) is 4.25. The number of nitrogens with one attached hydrogen (secondary N) is 1. The first-order chi connectivity index (χ1) is 10.8. The monoisotopic (exact) mass is 296 g/mol. The van der Waals surface area contributed by atoms with E-state index in [1.165, 1.54) is 6.42 Å². The van der Waals surface area contributed by atoms with E-state index >= 15 is 0 Å². The molecule has 6 heteroatoms. The van der Waals surface area contributed by atoms with Gasteiger partial charge in [-0.3, -0.25) is 9.59 Å². The van der Waals surface area contributed by atoms with Crippen LogP contribution in [-0.2, 0) is 0 Å². The molecule has 3 heterocycles. The Morgan fingerprint density at radius 2 is 1.91 bits per heavy atom. The molecule has 1 amide bonds. The van der Waals surface area contributed by atoms with Gasteiger partial charge in [0.15, 0.2) is 0 Å². The molecule has 1 aliphatic heterocycles. The lowest BCUT2D eigenvalue weighted by Gasteiger charge is -2.26. The summed E-state index contributed by atoms with van der Waals surface area (Å²) in [5.41, 5.74) is 1.44. The number of hydrogen-bond acceptors (Lipinski definition) is 3. The van der Waals surface area contributed by atoms with E-state index in [0.29, 0.717) is 22.1 Å². The van der Waals surface area contributed by atoms with Gasteiger partial charge in [0, 0.05) is 13.1 Å². The maximum Gasteiger partial charge on any atom is 0.259 e. The summed E-state index contributed by atoms with van der Waals surface area (Å²) in [5.74, 6) is -0.0550. The summed E-state index contributed by atoms with van der Waals surface area (Å²) in [6, 6.07) is 7.25. The fourth-order valence-electron chi connectivity index (χ4n) is 3.10. The second-order valence-corrected chi connectivity index (χ2v) is 5.64. The van der Waals surface area contributed by atoms with Crippen LogP contribution in [0.2, 0.25) is 0 Å². The molecule has 1 aliphatic rings. The van der Waals surface area contributed by atoms with Gasteiger partial charge in [-0.05, 0) is 31.4 Å². The molecule has 6 nitrogen and oxygen atoms in total. The molecule has 112 valence electrons. The first kappa shape index (κ1) is 13.1. The van der Waals surface area contributed by atoms with Crippen LogP contribution in [0.25, 0.3) is 16.6 Å². The standard InChI is InChI=1S/C16H16N4O2/c21-15-11-6-2-3-7-13(11)20-14(18-15)12(10-17-20)16(22)19-8-4-1-5-9-19/h2-3,6-7,10H,1,4-5,8-9H2,(H,18,21). The number of carbonyl (C=O) groups excluding carboxylic acids is 1. The average Bonchev–Trinajstić information content (AvgIpc) is 2.99. The number of rotatable bonds is 1. The van der Waals surface area contributed by atoms with Crippen molar-refractivity contribution >= 4 is 22.5 Å². The maximum absolute atomic E-state index is 12.7. The molecule has 2 aromatic heterocycles. The molecule has 1 fully saturated rings. The second kappa shape index (κ2) is 4.98. The van der Waals surface area contributed by atoms with Crippen molar-refractivity contribution in [2.75, 3.05) is 13.1 Å². The highest BCUT2D eigenvalue weighted by Crippen LogP contribution is 2.18. The molecular formula is C16H16N4O2. The van der Waals surface area contributed by atoms with E-state index in [-0.39, 0.29) is 11.5 Å². The average molecular weight is 296 g/mol. The number of para-hydroxylation sites is 1. The molecule has 0 atom stereocenters. The van der Waals surface area contributed by atoms with Crippen molar-refractivity contribution in [2.24, 2.45) is 0 Å².